The van der Waals surface area contributed by atoms with E-state index in [1.54, 1.807) is 7.11 Å². The first kappa shape index (κ1) is 36.4. The van der Waals surface area contributed by atoms with Crippen LogP contribution in [-0.2, 0) is 10.8 Å². The number of benzene rings is 7. The fraction of sp³-hybridized carbons (Fsp3) is 0.176. The molecule has 0 aliphatic carbocycles. The molecule has 9 rings (SSSR count). The topological polar surface area (TPSA) is 43.2 Å². The number of para-hydroxylation sites is 1. The first-order chi connectivity index (χ1) is 27.5. The Balaban J connectivity index is 1.11. The standard InChI is InChI=1S/C51H46N4OS/c1-50(2,3)36-19-28-45-43(31-36)44-32-37(51(4,5)6)20-29-46(44)55(45)40-23-15-35(16-24-40)42-27-30-47(49-48(42)52-57-53-49)54(38-11-9-8-10-12-38)39-21-13-33(14-22-39)34-17-25-41(56-7)26-18-34/h8-32H,1-7H3. The smallest absolute Gasteiger partial charge is 0.129 e. The Morgan fingerprint density at radius 3 is 1.61 bits per heavy atom. The van der Waals surface area contributed by atoms with E-state index in [9.17, 15) is 0 Å². The van der Waals surface area contributed by atoms with Crippen LogP contribution in [0.3, 0.4) is 0 Å². The Kier molecular flexibility index (Phi) is 8.97. The number of hydrogen-bond donors (Lipinski definition) is 0. The molecule has 6 heteroatoms. The van der Waals surface area contributed by atoms with Gasteiger partial charge in [-0.15, -0.1) is 0 Å². The van der Waals surface area contributed by atoms with Gasteiger partial charge in [-0.1, -0.05) is 108 Å². The maximum absolute atomic E-state index is 5.37. The third kappa shape index (κ3) is 6.64. The molecule has 5 nitrogen and oxygen atoms in total. The van der Waals surface area contributed by atoms with Crippen molar-refractivity contribution >= 4 is 61.6 Å². The number of hydrogen-bond acceptors (Lipinski definition) is 5. The Bertz CT molecular complexity index is 2800. The van der Waals surface area contributed by atoms with E-state index < -0.39 is 0 Å². The highest BCUT2D eigenvalue weighted by Gasteiger charge is 2.23. The molecule has 0 aliphatic rings. The van der Waals surface area contributed by atoms with Gasteiger partial charge >= 0.3 is 0 Å². The van der Waals surface area contributed by atoms with Gasteiger partial charge in [0.2, 0.25) is 0 Å². The predicted molar refractivity (Wildman–Crippen MR) is 241 cm³/mol. The van der Waals surface area contributed by atoms with E-state index in [2.05, 4.69) is 184 Å². The van der Waals surface area contributed by atoms with Gasteiger partial charge in [-0.3, -0.25) is 0 Å². The lowest BCUT2D eigenvalue weighted by Gasteiger charge is -2.26. The van der Waals surface area contributed by atoms with Gasteiger partial charge in [0, 0.05) is 33.4 Å². The second-order valence-corrected chi connectivity index (χ2v) is 17.4. The normalized spacial score (nSPS) is 12.1. The summed E-state index contributed by atoms with van der Waals surface area (Å²) in [6, 6.07) is 54.6. The molecule has 0 amide bonds. The van der Waals surface area contributed by atoms with Crippen molar-refractivity contribution in [2.45, 2.75) is 52.4 Å². The summed E-state index contributed by atoms with van der Waals surface area (Å²) in [7, 11) is 1.69. The minimum absolute atomic E-state index is 0.0535. The van der Waals surface area contributed by atoms with E-state index in [1.165, 1.54) is 44.7 Å². The molecule has 0 aliphatic heterocycles. The van der Waals surface area contributed by atoms with Crippen LogP contribution in [0.25, 0.3) is 60.8 Å². The van der Waals surface area contributed by atoms with Crippen LogP contribution < -0.4 is 9.64 Å². The molecule has 7 aromatic carbocycles. The van der Waals surface area contributed by atoms with E-state index in [4.69, 9.17) is 13.5 Å². The largest absolute Gasteiger partial charge is 0.497 e. The van der Waals surface area contributed by atoms with Crippen LogP contribution in [0.1, 0.15) is 52.7 Å². The van der Waals surface area contributed by atoms with Crippen molar-refractivity contribution in [3.8, 4) is 33.7 Å². The molecule has 0 unspecified atom stereocenters. The minimum Gasteiger partial charge on any atom is -0.497 e. The molecular weight excluding hydrogens is 717 g/mol. The Labute approximate surface area is 339 Å². The average Bonchev–Trinajstić information content (AvgIpc) is 3.85. The van der Waals surface area contributed by atoms with Gasteiger partial charge in [0.25, 0.3) is 0 Å². The van der Waals surface area contributed by atoms with Crippen molar-refractivity contribution in [2.75, 3.05) is 12.0 Å². The van der Waals surface area contributed by atoms with E-state index in [1.807, 2.05) is 18.2 Å². The summed E-state index contributed by atoms with van der Waals surface area (Å²) in [5.41, 5.74) is 15.6. The van der Waals surface area contributed by atoms with Crippen LogP contribution in [-0.4, -0.2) is 20.4 Å². The fourth-order valence-electron chi connectivity index (χ4n) is 7.88. The molecule has 9 aromatic rings. The molecule has 0 bridgehead atoms. The van der Waals surface area contributed by atoms with Crippen LogP contribution in [0.2, 0.25) is 0 Å². The molecule has 0 N–H and O–H groups in total. The van der Waals surface area contributed by atoms with Crippen molar-refractivity contribution in [1.82, 2.24) is 13.3 Å². The molecule has 0 saturated carbocycles. The highest BCUT2D eigenvalue weighted by molar-refractivity contribution is 7.00. The number of anilines is 3. The van der Waals surface area contributed by atoms with Crippen LogP contribution in [0.15, 0.2) is 152 Å². The molecule has 57 heavy (non-hydrogen) atoms. The van der Waals surface area contributed by atoms with Crippen molar-refractivity contribution in [1.29, 1.82) is 0 Å². The first-order valence-electron chi connectivity index (χ1n) is 19.5. The summed E-state index contributed by atoms with van der Waals surface area (Å²) in [6.07, 6.45) is 0. The molecule has 0 fully saturated rings. The number of aromatic nitrogens is 3. The van der Waals surface area contributed by atoms with Gasteiger partial charge < -0.3 is 14.2 Å². The fourth-order valence-corrected chi connectivity index (χ4v) is 8.45. The van der Waals surface area contributed by atoms with Crippen LogP contribution in [0.5, 0.6) is 5.75 Å². The number of methoxy groups -OCH3 is 1. The summed E-state index contributed by atoms with van der Waals surface area (Å²) < 4.78 is 17.6. The zero-order valence-corrected chi connectivity index (χ0v) is 34.4. The second kappa shape index (κ2) is 14.1. The lowest BCUT2D eigenvalue weighted by atomic mass is 9.85. The second-order valence-electron chi connectivity index (χ2n) is 16.9. The highest BCUT2D eigenvalue weighted by Crippen LogP contribution is 2.43. The van der Waals surface area contributed by atoms with Gasteiger partial charge in [-0.25, -0.2) is 0 Å². The third-order valence-corrected chi connectivity index (χ3v) is 11.7. The lowest BCUT2D eigenvalue weighted by molar-refractivity contribution is 0.415. The van der Waals surface area contributed by atoms with Gasteiger partial charge in [0.1, 0.15) is 16.8 Å². The first-order valence-corrected chi connectivity index (χ1v) is 20.3. The molecular formula is C51H46N4OS. The molecule has 282 valence electrons. The van der Waals surface area contributed by atoms with E-state index in [0.717, 1.165) is 61.8 Å². The average molecular weight is 763 g/mol. The SMILES string of the molecule is COc1ccc(-c2ccc(N(c3ccccc3)c3ccc(-c4ccc(-n5c6ccc(C(C)(C)C)cc6c6cc(C(C)(C)C)ccc65)cc4)c4nsnc34)cc2)cc1. The molecule has 0 spiro atoms. The van der Waals surface area contributed by atoms with Gasteiger partial charge in [-0.2, -0.15) is 8.75 Å². The van der Waals surface area contributed by atoms with E-state index >= 15 is 0 Å². The number of rotatable bonds is 7. The summed E-state index contributed by atoms with van der Waals surface area (Å²) in [5, 5.41) is 2.58. The van der Waals surface area contributed by atoms with Crippen molar-refractivity contribution < 1.29 is 4.74 Å². The summed E-state index contributed by atoms with van der Waals surface area (Å²) in [6.45, 7) is 13.7. The van der Waals surface area contributed by atoms with Crippen molar-refractivity contribution in [3.05, 3.63) is 163 Å². The third-order valence-electron chi connectivity index (χ3n) is 11.1. The Morgan fingerprint density at radius 1 is 0.526 bits per heavy atom. The summed E-state index contributed by atoms with van der Waals surface area (Å²) >= 11 is 1.25. The van der Waals surface area contributed by atoms with Gasteiger partial charge in [0.15, 0.2) is 0 Å². The number of nitrogens with zero attached hydrogens (tertiary/aromatic N) is 4. The van der Waals surface area contributed by atoms with Crippen LogP contribution >= 0.6 is 11.7 Å². The van der Waals surface area contributed by atoms with E-state index in [-0.39, 0.29) is 10.8 Å². The predicted octanol–water partition coefficient (Wildman–Crippen LogP) is 14.2. The monoisotopic (exact) mass is 762 g/mol. The molecule has 0 radical (unpaired) electrons. The lowest BCUT2D eigenvalue weighted by Crippen LogP contribution is -2.10. The molecule has 2 heterocycles. The Hall–Kier alpha value is -6.24. The van der Waals surface area contributed by atoms with Crippen molar-refractivity contribution in [3.63, 3.8) is 0 Å². The van der Waals surface area contributed by atoms with Gasteiger partial charge in [0.05, 0.1) is 35.6 Å². The summed E-state index contributed by atoms with van der Waals surface area (Å²) in [5.74, 6) is 0.846. The minimum atomic E-state index is 0.0535. The van der Waals surface area contributed by atoms with Crippen LogP contribution in [0, 0.1) is 0 Å². The highest BCUT2D eigenvalue weighted by atomic mass is 32.1. The summed E-state index contributed by atoms with van der Waals surface area (Å²) in [4.78, 5) is 2.27. The maximum Gasteiger partial charge on any atom is 0.129 e. The molecule has 0 saturated heterocycles. The maximum atomic E-state index is 5.37. The number of ether oxygens (including phenoxy) is 1. The zero-order valence-electron chi connectivity index (χ0n) is 33.5. The van der Waals surface area contributed by atoms with Crippen LogP contribution in [0.4, 0.5) is 17.1 Å². The molecule has 2 aromatic heterocycles. The number of fused-ring (bicyclic) bond motifs is 4. The Morgan fingerprint density at radius 2 is 1.05 bits per heavy atom. The zero-order chi connectivity index (χ0) is 39.5. The van der Waals surface area contributed by atoms with Gasteiger partial charge in [-0.05, 0) is 124 Å². The van der Waals surface area contributed by atoms with Crippen molar-refractivity contribution in [2.24, 2.45) is 0 Å². The molecule has 0 atom stereocenters. The quantitative estimate of drug-likeness (QED) is 0.162. The van der Waals surface area contributed by atoms with E-state index in [0.29, 0.717) is 0 Å².